The second kappa shape index (κ2) is 5.07. The molecule has 0 amide bonds. The third kappa shape index (κ3) is 2.14. The number of rotatable bonds is 3. The minimum Gasteiger partial charge on any atom is -0.490 e. The number of hydrogen-bond donors (Lipinski definition) is 1. The van der Waals surface area contributed by atoms with Crippen LogP contribution in [-0.2, 0) is 0 Å². The number of aliphatic hydroxyl groups is 1. The molecule has 1 spiro atoms. The van der Waals surface area contributed by atoms with E-state index in [1.165, 1.54) is 24.0 Å². The zero-order valence-corrected chi connectivity index (χ0v) is 12.9. The maximum Gasteiger partial charge on any atom is 0.120 e. The zero-order valence-electron chi connectivity index (χ0n) is 12.9. The minimum absolute atomic E-state index is 0.0601. The van der Waals surface area contributed by atoms with Gasteiger partial charge in [-0.25, -0.2) is 0 Å². The standard InChI is InChI=1S/C18H26O2/c1-12(2)15-7-6-14(10-13(15)3)20-17-11-16(19)18(17)8-4-5-9-18/h6-7,10,12,16-17,19H,4-5,8-9,11H2,1-3H3. The van der Waals surface area contributed by atoms with E-state index in [2.05, 4.69) is 39.0 Å². The monoisotopic (exact) mass is 274 g/mol. The summed E-state index contributed by atoms with van der Waals surface area (Å²) >= 11 is 0. The van der Waals surface area contributed by atoms with Gasteiger partial charge in [-0.15, -0.1) is 0 Å². The van der Waals surface area contributed by atoms with Crippen LogP contribution >= 0.6 is 0 Å². The van der Waals surface area contributed by atoms with Crippen LogP contribution in [-0.4, -0.2) is 17.3 Å². The molecule has 2 atom stereocenters. The summed E-state index contributed by atoms with van der Waals surface area (Å²) < 4.78 is 6.21. The topological polar surface area (TPSA) is 29.5 Å². The van der Waals surface area contributed by atoms with Crippen LogP contribution in [0.1, 0.15) is 63.0 Å². The highest BCUT2D eigenvalue weighted by Crippen LogP contribution is 2.54. The van der Waals surface area contributed by atoms with Gasteiger partial charge in [-0.05, 0) is 48.9 Å². The summed E-state index contributed by atoms with van der Waals surface area (Å²) in [5.41, 5.74) is 2.75. The van der Waals surface area contributed by atoms with Crippen molar-refractivity contribution >= 4 is 0 Å². The van der Waals surface area contributed by atoms with Crippen LogP contribution in [0.15, 0.2) is 18.2 Å². The molecule has 0 aliphatic heterocycles. The van der Waals surface area contributed by atoms with E-state index >= 15 is 0 Å². The third-order valence-corrected chi connectivity index (χ3v) is 5.42. The first-order valence-corrected chi connectivity index (χ1v) is 7.98. The molecule has 2 unspecified atom stereocenters. The summed E-state index contributed by atoms with van der Waals surface area (Å²) in [4.78, 5) is 0. The summed E-state index contributed by atoms with van der Waals surface area (Å²) in [5.74, 6) is 1.52. The smallest absolute Gasteiger partial charge is 0.120 e. The number of hydrogen-bond acceptors (Lipinski definition) is 2. The van der Waals surface area contributed by atoms with E-state index in [0.717, 1.165) is 25.0 Å². The maximum atomic E-state index is 10.1. The molecule has 20 heavy (non-hydrogen) atoms. The van der Waals surface area contributed by atoms with Crippen LogP contribution in [0.3, 0.4) is 0 Å². The van der Waals surface area contributed by atoms with E-state index < -0.39 is 0 Å². The Labute approximate surface area is 122 Å². The quantitative estimate of drug-likeness (QED) is 0.895. The average molecular weight is 274 g/mol. The van der Waals surface area contributed by atoms with Crippen LogP contribution < -0.4 is 4.74 Å². The highest BCUT2D eigenvalue weighted by atomic mass is 16.5. The van der Waals surface area contributed by atoms with Crippen molar-refractivity contribution in [3.8, 4) is 5.75 Å². The highest BCUT2D eigenvalue weighted by molar-refractivity contribution is 5.36. The van der Waals surface area contributed by atoms with Gasteiger partial charge in [0.1, 0.15) is 11.9 Å². The first kappa shape index (κ1) is 13.9. The molecule has 2 fully saturated rings. The van der Waals surface area contributed by atoms with Crippen molar-refractivity contribution in [1.29, 1.82) is 0 Å². The van der Waals surface area contributed by atoms with E-state index in [0.29, 0.717) is 5.92 Å². The SMILES string of the molecule is Cc1cc(OC2CC(O)C23CCCC3)ccc1C(C)C. The van der Waals surface area contributed by atoms with Crippen LogP contribution in [0.5, 0.6) is 5.75 Å². The Morgan fingerprint density at radius 3 is 2.50 bits per heavy atom. The van der Waals surface area contributed by atoms with Gasteiger partial charge in [0.25, 0.3) is 0 Å². The van der Waals surface area contributed by atoms with E-state index in [4.69, 9.17) is 4.74 Å². The predicted octanol–water partition coefficient (Wildman–Crippen LogP) is 4.19. The van der Waals surface area contributed by atoms with E-state index in [-0.39, 0.29) is 17.6 Å². The summed E-state index contributed by atoms with van der Waals surface area (Å²) in [5, 5.41) is 10.1. The molecule has 2 heteroatoms. The molecule has 3 rings (SSSR count). The Hall–Kier alpha value is -1.02. The zero-order chi connectivity index (χ0) is 14.3. The van der Waals surface area contributed by atoms with Crippen molar-refractivity contribution in [3.05, 3.63) is 29.3 Å². The summed E-state index contributed by atoms with van der Waals surface area (Å²) in [6.07, 6.45) is 5.59. The first-order valence-electron chi connectivity index (χ1n) is 7.98. The molecule has 2 aliphatic rings. The van der Waals surface area contributed by atoms with Crippen LogP contribution in [0, 0.1) is 12.3 Å². The van der Waals surface area contributed by atoms with Gasteiger partial charge in [-0.2, -0.15) is 0 Å². The van der Waals surface area contributed by atoms with Crippen molar-refractivity contribution in [2.24, 2.45) is 5.41 Å². The van der Waals surface area contributed by atoms with Gasteiger partial charge < -0.3 is 9.84 Å². The normalized spacial score (nSPS) is 27.9. The Bertz CT molecular complexity index is 486. The van der Waals surface area contributed by atoms with Crippen molar-refractivity contribution < 1.29 is 9.84 Å². The van der Waals surface area contributed by atoms with Crippen molar-refractivity contribution in [2.75, 3.05) is 0 Å². The predicted molar refractivity (Wildman–Crippen MR) is 81.2 cm³/mol. The number of ether oxygens (including phenoxy) is 1. The van der Waals surface area contributed by atoms with Gasteiger partial charge in [-0.1, -0.05) is 32.8 Å². The van der Waals surface area contributed by atoms with E-state index in [9.17, 15) is 5.11 Å². The largest absolute Gasteiger partial charge is 0.490 e. The lowest BCUT2D eigenvalue weighted by Crippen LogP contribution is -2.58. The van der Waals surface area contributed by atoms with Gasteiger partial charge in [0, 0.05) is 11.8 Å². The second-order valence-electron chi connectivity index (χ2n) is 6.97. The van der Waals surface area contributed by atoms with Crippen molar-refractivity contribution in [1.82, 2.24) is 0 Å². The lowest BCUT2D eigenvalue weighted by Gasteiger charge is -2.51. The molecule has 0 bridgehead atoms. The van der Waals surface area contributed by atoms with Crippen LogP contribution in [0.25, 0.3) is 0 Å². The minimum atomic E-state index is -0.147. The molecule has 110 valence electrons. The molecular weight excluding hydrogens is 248 g/mol. The molecule has 2 aliphatic carbocycles. The molecule has 2 nitrogen and oxygen atoms in total. The summed E-state index contributed by atoms with van der Waals surface area (Å²) in [7, 11) is 0. The summed E-state index contributed by atoms with van der Waals surface area (Å²) in [6.45, 7) is 6.60. The Kier molecular flexibility index (Phi) is 3.53. The maximum absolute atomic E-state index is 10.1. The fourth-order valence-electron chi connectivity index (χ4n) is 4.11. The Morgan fingerprint density at radius 2 is 1.95 bits per heavy atom. The molecule has 0 aromatic heterocycles. The van der Waals surface area contributed by atoms with Gasteiger partial charge in [0.05, 0.1) is 6.10 Å². The highest BCUT2D eigenvalue weighted by Gasteiger charge is 2.57. The second-order valence-corrected chi connectivity index (χ2v) is 6.97. The van der Waals surface area contributed by atoms with Gasteiger partial charge >= 0.3 is 0 Å². The number of aliphatic hydroxyl groups excluding tert-OH is 1. The number of aryl methyl sites for hydroxylation is 1. The molecule has 2 saturated carbocycles. The van der Waals surface area contributed by atoms with Crippen molar-refractivity contribution in [3.63, 3.8) is 0 Å². The molecule has 1 aromatic rings. The molecule has 0 heterocycles. The van der Waals surface area contributed by atoms with Gasteiger partial charge in [0.15, 0.2) is 0 Å². The fourth-order valence-corrected chi connectivity index (χ4v) is 4.11. The number of benzene rings is 1. The van der Waals surface area contributed by atoms with Gasteiger partial charge in [-0.3, -0.25) is 0 Å². The Morgan fingerprint density at radius 1 is 1.25 bits per heavy atom. The van der Waals surface area contributed by atoms with E-state index in [1.807, 2.05) is 0 Å². The first-order chi connectivity index (χ1) is 9.53. The van der Waals surface area contributed by atoms with Crippen molar-refractivity contribution in [2.45, 2.75) is 71.0 Å². The molecule has 1 N–H and O–H groups in total. The van der Waals surface area contributed by atoms with Gasteiger partial charge in [0.2, 0.25) is 0 Å². The van der Waals surface area contributed by atoms with E-state index in [1.54, 1.807) is 0 Å². The molecular formula is C18H26O2. The summed E-state index contributed by atoms with van der Waals surface area (Å²) in [6, 6.07) is 6.43. The lowest BCUT2D eigenvalue weighted by molar-refractivity contribution is -0.151. The lowest BCUT2D eigenvalue weighted by atomic mass is 9.62. The average Bonchev–Trinajstić information content (AvgIpc) is 2.90. The fraction of sp³-hybridized carbons (Fsp3) is 0.667. The molecule has 0 saturated heterocycles. The third-order valence-electron chi connectivity index (χ3n) is 5.42. The van der Waals surface area contributed by atoms with Crippen LogP contribution in [0.2, 0.25) is 0 Å². The Balaban J connectivity index is 1.74. The molecule has 0 radical (unpaired) electrons. The molecule has 1 aromatic carbocycles. The van der Waals surface area contributed by atoms with Crippen LogP contribution in [0.4, 0.5) is 0 Å².